The number of nitrogens with zero attached hydrogens (tertiary/aromatic N) is 1. The maximum Gasteiger partial charge on any atom is 0.338 e. The number of carbonyl (C=O) groups excluding carboxylic acids is 6. The molecule has 0 bridgehead atoms. The van der Waals surface area contributed by atoms with Gasteiger partial charge >= 0.3 is 37.4 Å². The van der Waals surface area contributed by atoms with Crippen LogP contribution in [0.5, 0.6) is 0 Å². The lowest BCUT2D eigenvalue weighted by molar-refractivity contribution is -0.242. The molecule has 17 nitrogen and oxygen atoms in total. The van der Waals surface area contributed by atoms with Gasteiger partial charge in [-0.05, 0) is 26.1 Å². The Morgan fingerprint density at radius 3 is 1.85 bits per heavy atom. The monoisotopic (exact) mass is 698 g/mol. The number of esters is 5. The Hall–Kier alpha value is -3.11. The smallest absolute Gasteiger partial charge is 0.338 e. The van der Waals surface area contributed by atoms with Crippen LogP contribution in [-0.2, 0) is 66.3 Å². The zero-order valence-electron chi connectivity index (χ0n) is 28.9. The maximum atomic E-state index is 13.2. The highest BCUT2D eigenvalue weighted by molar-refractivity contribution is 7.52. The van der Waals surface area contributed by atoms with E-state index in [9.17, 15) is 38.2 Å². The van der Waals surface area contributed by atoms with Gasteiger partial charge in [0.1, 0.15) is 18.8 Å². The molecule has 47 heavy (non-hydrogen) atoms. The van der Waals surface area contributed by atoms with Crippen molar-refractivity contribution in [2.24, 2.45) is 0 Å². The number of nitrogens with one attached hydrogen (secondary N) is 1. The average molecular weight is 699 g/mol. The van der Waals surface area contributed by atoms with Crippen LogP contribution in [-0.4, -0.2) is 128 Å². The minimum absolute atomic E-state index is 0.473. The molecule has 1 saturated heterocycles. The van der Waals surface area contributed by atoms with Gasteiger partial charge in [0.25, 0.3) is 0 Å². The minimum atomic E-state index is -4.22. The van der Waals surface area contributed by atoms with Gasteiger partial charge in [0.15, 0.2) is 17.8 Å². The van der Waals surface area contributed by atoms with E-state index in [1.54, 1.807) is 0 Å². The molecule has 0 saturated carbocycles. The van der Waals surface area contributed by atoms with Crippen molar-refractivity contribution in [3.63, 3.8) is 0 Å². The van der Waals surface area contributed by atoms with Crippen molar-refractivity contribution in [3.05, 3.63) is 0 Å². The first kappa shape index (κ1) is 43.9. The van der Waals surface area contributed by atoms with Crippen LogP contribution in [0.4, 0.5) is 0 Å². The summed E-state index contributed by atoms with van der Waals surface area (Å²) in [6.07, 6.45) is -7.82. The van der Waals surface area contributed by atoms with Gasteiger partial charge in [0.05, 0.1) is 19.3 Å². The molecule has 0 spiro atoms. The predicted molar refractivity (Wildman–Crippen MR) is 165 cm³/mol. The summed E-state index contributed by atoms with van der Waals surface area (Å²) in [6, 6.07) is -1.33. The Labute approximate surface area is 275 Å². The second-order valence-corrected chi connectivity index (χ2v) is 12.7. The van der Waals surface area contributed by atoms with Crippen molar-refractivity contribution >= 4 is 43.3 Å². The summed E-state index contributed by atoms with van der Waals surface area (Å²) in [5, 5.41) is 2.53. The van der Waals surface area contributed by atoms with Crippen LogP contribution in [0.1, 0.15) is 68.2 Å². The summed E-state index contributed by atoms with van der Waals surface area (Å²) in [5.74, 6) is -5.11. The van der Waals surface area contributed by atoms with Crippen molar-refractivity contribution in [2.45, 2.75) is 104 Å². The Bertz CT molecular complexity index is 1110. The van der Waals surface area contributed by atoms with Gasteiger partial charge in [-0.15, -0.1) is 0 Å². The van der Waals surface area contributed by atoms with E-state index >= 15 is 0 Å². The summed E-state index contributed by atoms with van der Waals surface area (Å²) >= 11 is 0. The van der Waals surface area contributed by atoms with Crippen LogP contribution in [0, 0.1) is 0 Å². The lowest BCUT2D eigenvalue weighted by Crippen LogP contribution is -2.68. The Balaban J connectivity index is 0.00000270. The Morgan fingerprint density at radius 1 is 0.915 bits per heavy atom. The molecule has 1 heterocycles. The van der Waals surface area contributed by atoms with E-state index in [-0.39, 0.29) is 0 Å². The van der Waals surface area contributed by atoms with E-state index in [2.05, 4.69) is 35.5 Å². The van der Waals surface area contributed by atoms with E-state index in [0.717, 1.165) is 48.8 Å². The molecule has 0 radical (unpaired) electrons. The molecule has 0 aromatic rings. The number of rotatable bonds is 16. The zero-order chi connectivity index (χ0) is 36.5. The molecule has 0 aromatic heterocycles. The van der Waals surface area contributed by atoms with Gasteiger partial charge in [-0.3, -0.25) is 28.5 Å². The van der Waals surface area contributed by atoms with Crippen molar-refractivity contribution in [3.8, 4) is 0 Å². The predicted octanol–water partition coefficient (Wildman–Crippen LogP) is 1.12. The van der Waals surface area contributed by atoms with E-state index < -0.39 is 105 Å². The van der Waals surface area contributed by atoms with Gasteiger partial charge < -0.3 is 48.1 Å². The van der Waals surface area contributed by atoms with E-state index in [0.29, 0.717) is 0 Å². The zero-order valence-corrected chi connectivity index (χ0v) is 29.8. The van der Waals surface area contributed by atoms with Crippen molar-refractivity contribution in [2.75, 3.05) is 46.6 Å². The van der Waals surface area contributed by atoms with E-state index in [4.69, 9.17) is 28.4 Å². The van der Waals surface area contributed by atoms with Crippen molar-refractivity contribution < 1.29 is 71.2 Å². The second-order valence-electron chi connectivity index (χ2n) is 10.6. The molecule has 7 atom stereocenters. The van der Waals surface area contributed by atoms with Crippen LogP contribution in [0.2, 0.25) is 0 Å². The number of methoxy groups -OCH3 is 1. The third kappa shape index (κ3) is 15.6. The minimum Gasteiger partial charge on any atom is -0.467 e. The van der Waals surface area contributed by atoms with Crippen molar-refractivity contribution in [1.82, 2.24) is 10.2 Å². The van der Waals surface area contributed by atoms with Crippen LogP contribution >= 0.6 is 7.60 Å². The first-order valence-electron chi connectivity index (χ1n) is 15.1. The van der Waals surface area contributed by atoms with Gasteiger partial charge in [-0.1, -0.05) is 20.8 Å². The fraction of sp³-hybridized carbons (Fsp3) is 0.793. The molecule has 0 aromatic carbocycles. The lowest BCUT2D eigenvalue weighted by Gasteiger charge is -2.49. The molecule has 1 aliphatic heterocycles. The standard InChI is InChI=1S/C23H36NO15P.C6H15N/c1-12(25)24-19-17(36-14(3)27)10-23(22(30)33-6,8-9-40(31,32)34-7)39-21(19)20(38-16(5)29)18(37-15(4)28)11-35-13(2)26;1-4-7(5-2)6-3/h17-21H,8-11H2,1-7H3,(H,24,25)(H,31,32);4-6H2,1-3H3/t17-,18+,19+,20+,21+,23-;/m0./s1. The van der Waals surface area contributed by atoms with Gasteiger partial charge in [-0.25, -0.2) is 4.79 Å². The normalized spacial score (nSPS) is 23.0. The maximum absolute atomic E-state index is 13.2. The van der Waals surface area contributed by atoms with Gasteiger partial charge in [0.2, 0.25) is 5.91 Å². The molecule has 1 rings (SSSR count). The fourth-order valence-electron chi connectivity index (χ4n) is 4.87. The summed E-state index contributed by atoms with van der Waals surface area (Å²) in [5.41, 5.74) is -2.12. The molecule has 272 valence electrons. The summed E-state index contributed by atoms with van der Waals surface area (Å²) in [6.45, 7) is 14.8. The van der Waals surface area contributed by atoms with E-state index in [1.807, 2.05) is 0 Å². The molecular formula is C29H51N2O15P. The number of hydrogen-bond donors (Lipinski definition) is 2. The molecule has 1 fully saturated rings. The highest BCUT2D eigenvalue weighted by Crippen LogP contribution is 2.46. The lowest BCUT2D eigenvalue weighted by atomic mass is 9.81. The van der Waals surface area contributed by atoms with Crippen LogP contribution in [0.25, 0.3) is 0 Å². The second kappa shape index (κ2) is 21.0. The molecular weight excluding hydrogens is 647 g/mol. The average Bonchev–Trinajstić information content (AvgIpc) is 2.98. The first-order valence-corrected chi connectivity index (χ1v) is 16.9. The largest absolute Gasteiger partial charge is 0.467 e. The first-order chi connectivity index (χ1) is 21.8. The third-order valence-corrected chi connectivity index (χ3v) is 8.44. The molecule has 1 unspecified atom stereocenters. The SMILES string of the molecule is CCN(CC)CC.COC(=O)[C@]1(CCP(=O)(O)OC)C[C@H](OC(C)=O)[C@@H](NC(C)=O)[C@H]([C@H](OC(C)=O)[C@@H](COC(C)=O)OC(C)=O)O1. The highest BCUT2D eigenvalue weighted by atomic mass is 31.2. The molecule has 0 aliphatic carbocycles. The van der Waals surface area contributed by atoms with Crippen molar-refractivity contribution in [1.29, 1.82) is 0 Å². The van der Waals surface area contributed by atoms with Gasteiger partial charge in [-0.2, -0.15) is 0 Å². The fourth-order valence-corrected chi connectivity index (χ4v) is 5.70. The summed E-state index contributed by atoms with van der Waals surface area (Å²) in [4.78, 5) is 85.5. The topological polar surface area (TPSA) is 220 Å². The number of ether oxygens (including phenoxy) is 6. The molecule has 2 N–H and O–H groups in total. The van der Waals surface area contributed by atoms with Crippen LogP contribution < -0.4 is 5.32 Å². The molecule has 1 amide bonds. The third-order valence-electron chi connectivity index (χ3n) is 7.08. The quantitative estimate of drug-likeness (QED) is 0.131. The number of carbonyl (C=O) groups is 6. The van der Waals surface area contributed by atoms with Crippen LogP contribution in [0.15, 0.2) is 0 Å². The molecule has 1 aliphatic rings. The Kier molecular flexibility index (Phi) is 19.6. The highest BCUT2D eigenvalue weighted by Gasteiger charge is 2.58. The summed E-state index contributed by atoms with van der Waals surface area (Å²) in [7, 11) is -2.22. The Morgan fingerprint density at radius 2 is 1.47 bits per heavy atom. The van der Waals surface area contributed by atoms with E-state index in [1.165, 1.54) is 19.6 Å². The number of amides is 1. The molecule has 18 heteroatoms. The van der Waals surface area contributed by atoms with Crippen LogP contribution in [0.3, 0.4) is 0 Å². The van der Waals surface area contributed by atoms with Gasteiger partial charge in [0, 0.05) is 48.1 Å². The summed E-state index contributed by atoms with van der Waals surface area (Å²) < 4.78 is 49.0. The number of hydrogen-bond acceptors (Lipinski definition) is 15.